The predicted molar refractivity (Wildman–Crippen MR) is 64.3 cm³/mol. The summed E-state index contributed by atoms with van der Waals surface area (Å²) >= 11 is 0. The highest BCUT2D eigenvalue weighted by atomic mass is 31.2. The molecule has 0 heterocycles. The highest BCUT2D eigenvalue weighted by Gasteiger charge is 2.22. The molecule has 0 aromatic heterocycles. The van der Waals surface area contributed by atoms with Gasteiger partial charge in [0.25, 0.3) is 0 Å². The molecule has 0 saturated carbocycles. The minimum atomic E-state index is -4.26. The Bertz CT molecular complexity index is 200. The smallest absolute Gasteiger partial charge is 0.284 e. The maximum absolute atomic E-state index is 12.9. The van der Waals surface area contributed by atoms with E-state index >= 15 is 0 Å². The van der Waals surface area contributed by atoms with E-state index in [4.69, 9.17) is 0 Å². The van der Waals surface area contributed by atoms with E-state index in [9.17, 15) is 8.76 Å². The molecule has 3 nitrogen and oxygen atoms in total. The molecule has 0 aromatic rings. The molecule has 0 aliphatic rings. The summed E-state index contributed by atoms with van der Waals surface area (Å²) in [7, 11) is -4.26. The fraction of sp³-hybridized carbons (Fsp3) is 1.00. The lowest BCUT2D eigenvalue weighted by atomic mass is 10.1. The zero-order chi connectivity index (χ0) is 12.3. The average molecular weight is 254 g/mol. The molecule has 98 valence electrons. The highest BCUT2D eigenvalue weighted by Crippen LogP contribution is 2.49. The highest BCUT2D eigenvalue weighted by molar-refractivity contribution is 7.48. The van der Waals surface area contributed by atoms with Crippen molar-refractivity contribution >= 4 is 7.91 Å². The zero-order valence-electron chi connectivity index (χ0n) is 10.4. The monoisotopic (exact) mass is 254 g/mol. The molecular formula is C11H24FO3P. The lowest BCUT2D eigenvalue weighted by Crippen LogP contribution is -1.94. The van der Waals surface area contributed by atoms with Crippen LogP contribution in [-0.2, 0) is 13.6 Å². The Morgan fingerprint density at radius 2 is 1.50 bits per heavy atom. The maximum atomic E-state index is 12.9. The molecule has 1 unspecified atom stereocenters. The lowest BCUT2D eigenvalue weighted by molar-refractivity contribution is 0.178. The normalized spacial score (nSPS) is 14.9. The van der Waals surface area contributed by atoms with Crippen LogP contribution in [0.25, 0.3) is 0 Å². The molecule has 0 amide bonds. The van der Waals surface area contributed by atoms with Gasteiger partial charge in [-0.2, -0.15) is 0 Å². The van der Waals surface area contributed by atoms with Gasteiger partial charge in [-0.15, -0.1) is 4.20 Å². The van der Waals surface area contributed by atoms with E-state index < -0.39 is 7.91 Å². The number of hydrogen-bond donors (Lipinski definition) is 0. The summed E-state index contributed by atoms with van der Waals surface area (Å²) < 4.78 is 32.7. The first kappa shape index (κ1) is 16.1. The van der Waals surface area contributed by atoms with Crippen molar-refractivity contribution in [2.45, 2.75) is 58.8 Å². The van der Waals surface area contributed by atoms with Crippen molar-refractivity contribution in [1.82, 2.24) is 0 Å². The molecule has 1 atom stereocenters. The van der Waals surface area contributed by atoms with Gasteiger partial charge in [-0.05, 0) is 13.3 Å². The van der Waals surface area contributed by atoms with Gasteiger partial charge in [-0.3, -0.25) is 9.05 Å². The molecule has 0 fully saturated rings. The topological polar surface area (TPSA) is 35.5 Å². The molecule has 0 radical (unpaired) electrons. The number of unbranched alkanes of at least 4 members (excludes halogenated alkanes) is 6. The number of hydrogen-bond acceptors (Lipinski definition) is 3. The Labute approximate surface area is 98.4 Å². The Morgan fingerprint density at radius 1 is 0.938 bits per heavy atom. The van der Waals surface area contributed by atoms with Crippen molar-refractivity contribution in [3.63, 3.8) is 0 Å². The molecule has 0 aliphatic heterocycles. The fourth-order valence-electron chi connectivity index (χ4n) is 1.42. The molecule has 0 saturated heterocycles. The third kappa shape index (κ3) is 10.6. The van der Waals surface area contributed by atoms with Crippen molar-refractivity contribution in [3.05, 3.63) is 0 Å². The first-order valence-corrected chi connectivity index (χ1v) is 7.64. The molecular weight excluding hydrogens is 230 g/mol. The van der Waals surface area contributed by atoms with Crippen LogP contribution in [0.2, 0.25) is 0 Å². The van der Waals surface area contributed by atoms with Crippen LogP contribution in [0.1, 0.15) is 58.8 Å². The second-order valence-electron chi connectivity index (χ2n) is 3.80. The minimum Gasteiger partial charge on any atom is -0.284 e. The van der Waals surface area contributed by atoms with Crippen molar-refractivity contribution < 1.29 is 17.8 Å². The van der Waals surface area contributed by atoms with Gasteiger partial charge in [0.15, 0.2) is 0 Å². The van der Waals surface area contributed by atoms with Gasteiger partial charge in [0, 0.05) is 0 Å². The van der Waals surface area contributed by atoms with Crippen LogP contribution in [0.4, 0.5) is 4.20 Å². The molecule has 0 rings (SSSR count). The van der Waals surface area contributed by atoms with Crippen molar-refractivity contribution in [2.75, 3.05) is 13.2 Å². The minimum absolute atomic E-state index is 0.0742. The van der Waals surface area contributed by atoms with Gasteiger partial charge in [-0.25, -0.2) is 4.57 Å². The van der Waals surface area contributed by atoms with Gasteiger partial charge in [0.2, 0.25) is 0 Å². The molecule has 0 bridgehead atoms. The van der Waals surface area contributed by atoms with Crippen LogP contribution in [0, 0.1) is 0 Å². The van der Waals surface area contributed by atoms with Crippen LogP contribution < -0.4 is 0 Å². The maximum Gasteiger partial charge on any atom is 0.513 e. The Hall–Kier alpha value is 0.0800. The van der Waals surface area contributed by atoms with E-state index in [1.807, 2.05) is 0 Å². The van der Waals surface area contributed by atoms with Gasteiger partial charge in [0.05, 0.1) is 13.2 Å². The predicted octanol–water partition coefficient (Wildman–Crippen LogP) is 4.87. The average Bonchev–Trinajstić information content (AvgIpc) is 2.22. The van der Waals surface area contributed by atoms with Crippen molar-refractivity contribution in [2.24, 2.45) is 0 Å². The standard InChI is InChI=1S/C11H24FO3P/c1-3-5-6-7-8-9-10-11-15-16(12,13)14-4-2/h3-11H2,1-2H3. The summed E-state index contributed by atoms with van der Waals surface area (Å²) in [6.07, 6.45) is 7.87. The Balaban J connectivity index is 3.23. The van der Waals surface area contributed by atoms with Crippen LogP contribution >= 0.6 is 7.91 Å². The molecule has 0 N–H and O–H groups in total. The third-order valence-corrected chi connectivity index (χ3v) is 3.33. The summed E-state index contributed by atoms with van der Waals surface area (Å²) in [6, 6.07) is 0. The number of rotatable bonds is 11. The SMILES string of the molecule is CCCCCCCCCOP(=O)(F)OCC. The van der Waals surface area contributed by atoms with Crippen LogP contribution in [0.5, 0.6) is 0 Å². The van der Waals surface area contributed by atoms with Gasteiger partial charge in [0.1, 0.15) is 0 Å². The van der Waals surface area contributed by atoms with Crippen molar-refractivity contribution in [1.29, 1.82) is 0 Å². The molecule has 0 aromatic carbocycles. The van der Waals surface area contributed by atoms with E-state index in [1.54, 1.807) is 6.92 Å². The molecule has 0 aliphatic carbocycles. The second-order valence-corrected chi connectivity index (χ2v) is 5.18. The fourth-order valence-corrected chi connectivity index (χ4v) is 2.15. The van der Waals surface area contributed by atoms with E-state index in [2.05, 4.69) is 16.0 Å². The summed E-state index contributed by atoms with van der Waals surface area (Å²) in [6.45, 7) is 4.02. The second kappa shape index (κ2) is 10.2. The quantitative estimate of drug-likeness (QED) is 0.390. The van der Waals surface area contributed by atoms with Gasteiger partial charge in [-0.1, -0.05) is 45.4 Å². The Morgan fingerprint density at radius 3 is 2.06 bits per heavy atom. The molecule has 16 heavy (non-hydrogen) atoms. The third-order valence-electron chi connectivity index (χ3n) is 2.28. The van der Waals surface area contributed by atoms with E-state index in [-0.39, 0.29) is 13.2 Å². The first-order chi connectivity index (χ1) is 7.62. The van der Waals surface area contributed by atoms with Crippen LogP contribution in [0.15, 0.2) is 0 Å². The molecule has 0 spiro atoms. The molecule has 5 heteroatoms. The van der Waals surface area contributed by atoms with E-state index in [1.165, 1.54) is 25.7 Å². The number of halogens is 1. The first-order valence-electron chi connectivity index (χ1n) is 6.21. The summed E-state index contributed by atoms with van der Waals surface area (Å²) in [5.41, 5.74) is 0. The lowest BCUT2D eigenvalue weighted by Gasteiger charge is -2.08. The van der Waals surface area contributed by atoms with Crippen molar-refractivity contribution in [3.8, 4) is 0 Å². The zero-order valence-corrected chi connectivity index (χ0v) is 11.3. The van der Waals surface area contributed by atoms with Gasteiger partial charge >= 0.3 is 7.91 Å². The van der Waals surface area contributed by atoms with Gasteiger partial charge < -0.3 is 0 Å². The summed E-state index contributed by atoms with van der Waals surface area (Å²) in [4.78, 5) is 0. The van der Waals surface area contributed by atoms with E-state index in [0.29, 0.717) is 0 Å². The summed E-state index contributed by atoms with van der Waals surface area (Å²) in [5, 5.41) is 0. The Kier molecular flexibility index (Phi) is 10.3. The van der Waals surface area contributed by atoms with E-state index in [0.717, 1.165) is 19.3 Å². The van der Waals surface area contributed by atoms with Crippen LogP contribution in [-0.4, -0.2) is 13.2 Å². The largest absolute Gasteiger partial charge is 0.513 e. The van der Waals surface area contributed by atoms with Crippen LogP contribution in [0.3, 0.4) is 0 Å². The summed E-state index contributed by atoms with van der Waals surface area (Å²) in [5.74, 6) is 0.